The van der Waals surface area contributed by atoms with E-state index in [1.165, 1.54) is 33.0 Å². The monoisotopic (exact) mass is 1370 g/mol. The summed E-state index contributed by atoms with van der Waals surface area (Å²) in [5, 5.41) is 13.9. The molecule has 4 saturated heterocycles. The van der Waals surface area contributed by atoms with Crippen LogP contribution in [0.1, 0.15) is 96.6 Å². The van der Waals surface area contributed by atoms with Gasteiger partial charge < -0.3 is 66.6 Å². The summed E-state index contributed by atoms with van der Waals surface area (Å²) in [7, 11) is 0. The Morgan fingerprint density at radius 1 is 0.826 bits per heavy atom. The lowest BCUT2D eigenvalue weighted by atomic mass is 9.89. The zero-order valence-corrected chi connectivity index (χ0v) is 53.2. The van der Waals surface area contributed by atoms with Gasteiger partial charge in [0.25, 0.3) is 0 Å². The van der Waals surface area contributed by atoms with Crippen LogP contribution in [0.2, 0.25) is 0 Å². The van der Waals surface area contributed by atoms with Crippen molar-refractivity contribution in [3.8, 4) is 0 Å². The van der Waals surface area contributed by atoms with Crippen LogP contribution in [0, 0.1) is 17.8 Å². The fraction of sp³-hybridized carbons (Fsp3) is 0.566. The van der Waals surface area contributed by atoms with Crippen LogP contribution in [0.25, 0.3) is 22.3 Å². The summed E-state index contributed by atoms with van der Waals surface area (Å²) < 4.78 is 74.2. The fourth-order valence-electron chi connectivity index (χ4n) is 10.6. The maximum Gasteiger partial charge on any atom is 0.407 e. The number of Topliss-reactive ketones (excluding diaryl/α,β-unsaturated/α-hetero) is 1. The van der Waals surface area contributed by atoms with Gasteiger partial charge >= 0.3 is 25.6 Å². The van der Waals surface area contributed by atoms with Crippen LogP contribution >= 0.6 is 13.4 Å². The van der Waals surface area contributed by atoms with Crippen LogP contribution in [0.15, 0.2) is 49.6 Å². The van der Waals surface area contributed by atoms with E-state index in [4.69, 9.17) is 72.4 Å². The van der Waals surface area contributed by atoms with Crippen molar-refractivity contribution in [3.63, 3.8) is 0 Å². The van der Waals surface area contributed by atoms with Gasteiger partial charge in [-0.05, 0) is 79.3 Å². The number of imide groups is 1. The van der Waals surface area contributed by atoms with Crippen LogP contribution in [-0.2, 0) is 91.5 Å². The SMILES string of the molecule is CC1CC(=O)N(CCCCCC(=O)NC(C(=O)C[C@@H](CCCNC(N)=O)C(=O)Nc2ccc(COC(=O)NCCCNc3ncnc4c3ncn4[C@@H]3O[C@@H]4OOP(O)(=S)O[C@H]5[C@@H](F)[C@H](n6cnc7c(N)ncnc76)O[C@@H]5COP(O)(=S)O[C@H]4[C@H]3F)cc2)C(C)C)C1=O. The number of nitrogens with two attached hydrogens (primary N) is 2. The number of anilines is 3. The van der Waals surface area contributed by atoms with E-state index in [0.717, 1.165) is 6.33 Å². The predicted octanol–water partition coefficient (Wildman–Crippen LogP) is 3.65. The third-order valence-corrected chi connectivity index (χ3v) is 18.1. The summed E-state index contributed by atoms with van der Waals surface area (Å²) in [5.74, 6) is -2.79. The van der Waals surface area contributed by atoms with Gasteiger partial charge in [0.2, 0.25) is 29.9 Å². The first-order chi connectivity index (χ1) is 43.9. The normalized spacial score (nSPS) is 26.6. The van der Waals surface area contributed by atoms with Gasteiger partial charge in [-0.3, -0.25) is 47.1 Å². The molecule has 4 aliphatic heterocycles. The number of aromatic nitrogens is 8. The third kappa shape index (κ3) is 17.4. The van der Waals surface area contributed by atoms with E-state index in [1.54, 1.807) is 45.0 Å². The molecule has 13 atom stereocenters. The molecule has 0 saturated carbocycles. The zero-order chi connectivity index (χ0) is 66.0. The minimum atomic E-state index is -4.59. The summed E-state index contributed by atoms with van der Waals surface area (Å²) in [6.45, 7) is -3.75. The number of urea groups is 1. The van der Waals surface area contributed by atoms with Crippen LogP contribution in [0.5, 0.6) is 0 Å². The number of amides is 7. The van der Waals surface area contributed by atoms with E-state index in [-0.39, 0.29) is 121 Å². The molecule has 9 rings (SSSR count). The number of imidazole rings is 2. The number of nitrogen functional groups attached to an aromatic ring is 1. The Morgan fingerprint density at radius 3 is 2.21 bits per heavy atom. The number of rotatable bonds is 26. The van der Waals surface area contributed by atoms with E-state index in [2.05, 4.69) is 56.5 Å². The lowest BCUT2D eigenvalue weighted by Gasteiger charge is -2.29. The van der Waals surface area contributed by atoms with Crippen LogP contribution in [0.4, 0.5) is 35.7 Å². The molecule has 4 aliphatic rings. The number of carbonyl (C=O) groups is 7. The number of halogens is 2. The quantitative estimate of drug-likeness (QED) is 0.0165. The van der Waals surface area contributed by atoms with Crippen LogP contribution in [-0.4, -0.2) is 171 Å². The molecular weight excluding hydrogens is 1300 g/mol. The number of hydrogen-bond acceptors (Lipinski definition) is 25. The van der Waals surface area contributed by atoms with Gasteiger partial charge in [0.15, 0.2) is 65.1 Å². The number of alkyl carbamates (subject to hydrolysis) is 1. The van der Waals surface area contributed by atoms with Gasteiger partial charge in [-0.1, -0.05) is 39.3 Å². The van der Waals surface area contributed by atoms with E-state index in [9.17, 15) is 43.3 Å². The van der Waals surface area contributed by atoms with Crippen LogP contribution < -0.4 is 38.1 Å². The standard InChI is InChI=1S/C53H70F2N16O17P2S2/c1-27(2)38(68-34(73)10-5-4-6-18-69-35(74)19-28(3)48(69)76)32(72)20-30(9-7-15-59-52(57)77)47(75)67-31-13-11-29(12-14-31)21-81-53(78)60-17-8-16-58-44-40-46(64-24-62-44)71(26-66-40)50-37(55)42-51(84-50)85-88-90(80,92)86-41-33(22-82-89(79,91)87-42)83-49(36(41)54)70-25-65-39-43(56)61-23-63-45(39)70/h11-14,23-28,30,33,36-38,41-42,49-51H,4-10,15-22H2,1-3H3,(H,60,78)(H,67,75)(H,68,73)(H,79,91)(H,80,92)(H2,56,61,63)(H3,57,59,77)(H,58,62,64)/t28?,30-,33-,36-,37-,38?,41-,42+,49-,50-,51-,89?,90?/m1/s1. The summed E-state index contributed by atoms with van der Waals surface area (Å²) in [4.78, 5) is 143. The van der Waals surface area contributed by atoms with Gasteiger partial charge in [-0.2, -0.15) is 4.89 Å². The van der Waals surface area contributed by atoms with E-state index < -0.39 is 99.4 Å². The van der Waals surface area contributed by atoms with Crippen molar-refractivity contribution in [2.24, 2.45) is 23.5 Å². The number of benzene rings is 1. The first-order valence-electron chi connectivity index (χ1n) is 29.3. The highest BCUT2D eigenvalue weighted by atomic mass is 32.5. The van der Waals surface area contributed by atoms with Crippen molar-refractivity contribution in [2.45, 2.75) is 141 Å². The molecule has 0 radical (unpaired) electrons. The first-order valence-corrected chi connectivity index (χ1v) is 34.5. The second-order valence-corrected chi connectivity index (χ2v) is 27.9. The Hall–Kier alpha value is -6.99. The van der Waals surface area contributed by atoms with Gasteiger partial charge in [0.1, 0.15) is 37.0 Å². The lowest BCUT2D eigenvalue weighted by molar-refractivity contribution is -0.336. The largest absolute Gasteiger partial charge is 0.445 e. The average molecular weight is 1370 g/mol. The number of nitrogens with zero attached hydrogens (tertiary/aromatic N) is 9. The van der Waals surface area contributed by atoms with Gasteiger partial charge in [0.05, 0.1) is 25.3 Å². The topological polar surface area (TPSA) is 436 Å². The Labute approximate surface area is 533 Å². The van der Waals surface area contributed by atoms with E-state index in [1.807, 2.05) is 0 Å². The number of primary amides is 1. The smallest absolute Gasteiger partial charge is 0.407 e. The highest BCUT2D eigenvalue weighted by Gasteiger charge is 2.55. The van der Waals surface area contributed by atoms with Crippen molar-refractivity contribution in [1.82, 2.24) is 59.9 Å². The highest BCUT2D eigenvalue weighted by Crippen LogP contribution is 2.55. The molecule has 11 N–H and O–H groups in total. The Kier molecular flexibility index (Phi) is 23.2. The molecule has 4 aromatic heterocycles. The molecule has 8 heterocycles. The predicted molar refractivity (Wildman–Crippen MR) is 326 cm³/mol. The molecule has 33 nitrogen and oxygen atoms in total. The molecule has 4 unspecified atom stereocenters. The highest BCUT2D eigenvalue weighted by molar-refractivity contribution is 8.07. The fourth-order valence-corrected chi connectivity index (χ4v) is 13.2. The number of fused-ring (bicyclic) bond motifs is 4. The van der Waals surface area contributed by atoms with Crippen molar-refractivity contribution in [2.75, 3.05) is 49.2 Å². The number of hydrogen-bond donors (Lipinski definition) is 9. The zero-order valence-electron chi connectivity index (χ0n) is 49.8. The molecule has 39 heteroatoms. The molecule has 0 aliphatic carbocycles. The Morgan fingerprint density at radius 2 is 1.50 bits per heavy atom. The number of alkyl halides is 2. The third-order valence-electron chi connectivity index (χ3n) is 15.3. The molecule has 0 bridgehead atoms. The minimum Gasteiger partial charge on any atom is -0.445 e. The van der Waals surface area contributed by atoms with E-state index >= 15 is 8.78 Å². The van der Waals surface area contributed by atoms with Crippen molar-refractivity contribution < 1.29 is 89.5 Å². The molecule has 4 fully saturated rings. The molecule has 92 heavy (non-hydrogen) atoms. The lowest BCUT2D eigenvalue weighted by Crippen LogP contribution is -2.45. The van der Waals surface area contributed by atoms with Crippen LogP contribution in [0.3, 0.4) is 0 Å². The molecule has 5 aromatic rings. The molecule has 0 spiro atoms. The number of ketones is 1. The first kappa shape index (κ1) is 69.4. The maximum absolute atomic E-state index is 16.6. The number of unbranched alkanes of at least 4 members (excludes halogenated alkanes) is 2. The maximum atomic E-state index is 16.6. The van der Waals surface area contributed by atoms with Crippen molar-refractivity contribution in [1.29, 1.82) is 0 Å². The second kappa shape index (κ2) is 30.8. The number of nitrogens with one attached hydrogen (secondary N) is 5. The summed E-state index contributed by atoms with van der Waals surface area (Å²) in [6.07, 6.45) is -7.92. The van der Waals surface area contributed by atoms with Crippen molar-refractivity contribution >= 4 is 118 Å². The molecule has 7 amide bonds. The Balaban J connectivity index is 0.716. The second-order valence-electron chi connectivity index (χ2n) is 22.4. The summed E-state index contributed by atoms with van der Waals surface area (Å²) in [5.41, 5.74) is 12.6. The van der Waals surface area contributed by atoms with Gasteiger partial charge in [-0.15, -0.1) is 4.67 Å². The van der Waals surface area contributed by atoms with Crippen molar-refractivity contribution in [3.05, 3.63) is 55.1 Å². The minimum absolute atomic E-state index is 0.0115. The number of carbonyl (C=O) groups excluding carboxylic acids is 7. The van der Waals surface area contributed by atoms with Gasteiger partial charge in [0, 0.05) is 63.0 Å². The average Bonchev–Trinajstić information content (AvgIpc) is 1.62. The number of ether oxygens (including phenoxy) is 3. The number of likely N-dealkylation sites (tertiary alicyclic amines) is 1. The van der Waals surface area contributed by atoms with E-state index in [0.29, 0.717) is 49.9 Å². The van der Waals surface area contributed by atoms with Gasteiger partial charge in [-0.25, -0.2) is 48.3 Å². The molecule has 1 aromatic carbocycles. The molecular formula is C53H70F2N16O17P2S2. The molecule has 500 valence electrons. The summed E-state index contributed by atoms with van der Waals surface area (Å²) >= 11 is 10.4. The summed E-state index contributed by atoms with van der Waals surface area (Å²) in [6, 6.07) is 4.86. The Bertz CT molecular complexity index is 3600.